The van der Waals surface area contributed by atoms with E-state index < -0.39 is 15.5 Å². The van der Waals surface area contributed by atoms with Gasteiger partial charge in [-0.25, -0.2) is 8.42 Å². The quantitative estimate of drug-likeness (QED) is 0.423. The molecule has 11 heteroatoms. The van der Waals surface area contributed by atoms with E-state index in [0.717, 1.165) is 13.1 Å². The van der Waals surface area contributed by atoms with Crippen molar-refractivity contribution in [3.05, 3.63) is 0 Å². The third kappa shape index (κ3) is 6.99. The van der Waals surface area contributed by atoms with Crippen LogP contribution < -0.4 is 10.6 Å². The normalized spacial score (nSPS) is 20.5. The van der Waals surface area contributed by atoms with Gasteiger partial charge in [-0.1, -0.05) is 0 Å². The largest absolute Gasteiger partial charge is 0.511 e. The average molecular weight is 442 g/mol. The fraction of sp³-hybridized carbons (Fsp3) is 0.944. The summed E-state index contributed by atoms with van der Waals surface area (Å²) in [6, 6.07) is 1.19. The Balaban J connectivity index is 1.80. The third-order valence-corrected chi connectivity index (χ3v) is 7.03. The van der Waals surface area contributed by atoms with E-state index in [4.69, 9.17) is 0 Å². The highest BCUT2D eigenvalue weighted by atomic mass is 32.2. The van der Waals surface area contributed by atoms with Crippen LogP contribution in [0.2, 0.25) is 0 Å². The highest BCUT2D eigenvalue weighted by molar-refractivity contribution is 7.90. The number of sulfonamides is 1. The van der Waals surface area contributed by atoms with Gasteiger partial charge in [0.25, 0.3) is 0 Å². The van der Waals surface area contributed by atoms with Gasteiger partial charge in [0, 0.05) is 51.4 Å². The summed E-state index contributed by atoms with van der Waals surface area (Å²) in [4.78, 5) is 7.04. The second-order valence-electron chi connectivity index (χ2n) is 8.00. The molecule has 1 aliphatic carbocycles. The molecule has 2 rings (SSSR count). The van der Waals surface area contributed by atoms with Crippen molar-refractivity contribution in [1.29, 1.82) is 0 Å². The summed E-state index contributed by atoms with van der Waals surface area (Å²) in [6.45, 7) is 9.02. The molecule has 1 aliphatic heterocycles. The number of hydrogen-bond donors (Lipinski definition) is 2. The lowest BCUT2D eigenvalue weighted by Crippen LogP contribution is -2.46. The molecule has 0 aromatic carbocycles. The van der Waals surface area contributed by atoms with E-state index in [2.05, 4.69) is 34.4 Å². The van der Waals surface area contributed by atoms with Gasteiger partial charge in [-0.05, 0) is 52.4 Å². The zero-order valence-electron chi connectivity index (χ0n) is 17.5. The van der Waals surface area contributed by atoms with Gasteiger partial charge in [-0.2, -0.15) is 17.5 Å². The zero-order chi connectivity index (χ0) is 21.7. The molecule has 2 fully saturated rings. The fourth-order valence-corrected chi connectivity index (χ4v) is 4.60. The molecule has 0 unspecified atom stereocenters. The number of hydrogen-bond acceptors (Lipinski definition) is 4. The maximum Gasteiger partial charge on any atom is 0.511 e. The standard InChI is InChI=1S/C18H34F3N5O2S/c1-4-22-17(23-9-12-26(14(2)3)16-5-6-16)24-13-15-7-10-25(11-8-15)29(27,28)18(19,20)21/h14-16H,4-13H2,1-3H3,(H2,22,23,24). The van der Waals surface area contributed by atoms with Crippen LogP contribution in [0.3, 0.4) is 0 Å². The third-order valence-electron chi connectivity index (χ3n) is 5.40. The molecule has 2 N–H and O–H groups in total. The summed E-state index contributed by atoms with van der Waals surface area (Å²) < 4.78 is 61.5. The van der Waals surface area contributed by atoms with Crippen LogP contribution in [0, 0.1) is 5.92 Å². The molecule has 0 spiro atoms. The van der Waals surface area contributed by atoms with Crippen LogP contribution in [0.5, 0.6) is 0 Å². The first-order valence-electron chi connectivity index (χ1n) is 10.4. The molecule has 1 heterocycles. The van der Waals surface area contributed by atoms with Crippen molar-refractivity contribution in [2.45, 2.75) is 64.0 Å². The van der Waals surface area contributed by atoms with Gasteiger partial charge < -0.3 is 10.6 Å². The Hall–Kier alpha value is -1.07. The van der Waals surface area contributed by atoms with Crippen LogP contribution in [0.15, 0.2) is 4.99 Å². The number of nitrogens with zero attached hydrogens (tertiary/aromatic N) is 3. The minimum absolute atomic E-state index is 0.0729. The molecule has 0 aromatic rings. The first-order valence-corrected chi connectivity index (χ1v) is 11.8. The Bertz CT molecular complexity index is 640. The van der Waals surface area contributed by atoms with Crippen LogP contribution in [-0.2, 0) is 10.0 Å². The minimum Gasteiger partial charge on any atom is -0.357 e. The molecule has 0 aromatic heterocycles. The summed E-state index contributed by atoms with van der Waals surface area (Å²) in [7, 11) is -5.22. The lowest BCUT2D eigenvalue weighted by Gasteiger charge is -2.31. The molecule has 0 atom stereocenters. The van der Waals surface area contributed by atoms with E-state index in [-0.39, 0.29) is 19.0 Å². The predicted octanol–water partition coefficient (Wildman–Crippen LogP) is 1.98. The van der Waals surface area contributed by atoms with Crippen LogP contribution in [-0.4, -0.2) is 80.4 Å². The monoisotopic (exact) mass is 441 g/mol. The zero-order valence-corrected chi connectivity index (χ0v) is 18.3. The number of rotatable bonds is 9. The summed E-state index contributed by atoms with van der Waals surface area (Å²) in [5.74, 6) is 0.765. The Morgan fingerprint density at radius 2 is 1.79 bits per heavy atom. The molecule has 170 valence electrons. The topological polar surface area (TPSA) is 77.0 Å². The van der Waals surface area contributed by atoms with E-state index in [9.17, 15) is 21.6 Å². The molecule has 0 bridgehead atoms. The lowest BCUT2D eigenvalue weighted by molar-refractivity contribution is -0.0496. The van der Waals surface area contributed by atoms with E-state index in [1.165, 1.54) is 12.8 Å². The number of piperidine rings is 1. The molecule has 2 aliphatic rings. The Kier molecular flexibility index (Phi) is 8.59. The summed E-state index contributed by atoms with van der Waals surface area (Å²) >= 11 is 0. The number of nitrogens with one attached hydrogen (secondary N) is 2. The maximum atomic E-state index is 12.7. The summed E-state index contributed by atoms with van der Waals surface area (Å²) in [6.07, 6.45) is 3.27. The second kappa shape index (κ2) is 10.3. The van der Waals surface area contributed by atoms with Crippen molar-refractivity contribution in [3.8, 4) is 0 Å². The van der Waals surface area contributed by atoms with Crippen molar-refractivity contribution in [3.63, 3.8) is 0 Å². The summed E-state index contributed by atoms with van der Waals surface area (Å²) in [5.41, 5.74) is -5.23. The highest BCUT2D eigenvalue weighted by Gasteiger charge is 2.50. The van der Waals surface area contributed by atoms with Gasteiger partial charge in [-0.3, -0.25) is 9.89 Å². The predicted molar refractivity (Wildman–Crippen MR) is 108 cm³/mol. The number of guanidine groups is 1. The van der Waals surface area contributed by atoms with Crippen LogP contribution in [0.4, 0.5) is 13.2 Å². The van der Waals surface area contributed by atoms with Crippen molar-refractivity contribution in [1.82, 2.24) is 19.8 Å². The first kappa shape index (κ1) is 24.2. The Morgan fingerprint density at radius 1 is 1.17 bits per heavy atom. The molecular formula is C18H34F3N5O2S. The van der Waals surface area contributed by atoms with Gasteiger partial charge in [0.15, 0.2) is 5.96 Å². The molecule has 0 radical (unpaired) electrons. The number of aliphatic imine (C=N–C) groups is 1. The Labute approximate surface area is 172 Å². The van der Waals surface area contributed by atoms with Gasteiger partial charge in [0.05, 0.1) is 0 Å². The van der Waals surface area contributed by atoms with Crippen LogP contribution in [0.1, 0.15) is 46.5 Å². The van der Waals surface area contributed by atoms with Crippen molar-refractivity contribution in [2.24, 2.45) is 10.9 Å². The highest BCUT2D eigenvalue weighted by Crippen LogP contribution is 2.30. The van der Waals surface area contributed by atoms with E-state index >= 15 is 0 Å². The maximum absolute atomic E-state index is 12.7. The van der Waals surface area contributed by atoms with Crippen molar-refractivity contribution < 1.29 is 21.6 Å². The molecule has 1 saturated heterocycles. The van der Waals surface area contributed by atoms with E-state index in [0.29, 0.717) is 48.3 Å². The number of halogens is 3. The van der Waals surface area contributed by atoms with Crippen LogP contribution >= 0.6 is 0 Å². The fourth-order valence-electron chi connectivity index (χ4n) is 3.61. The molecule has 0 amide bonds. The van der Waals surface area contributed by atoms with Gasteiger partial charge in [0.2, 0.25) is 0 Å². The lowest BCUT2D eigenvalue weighted by atomic mass is 9.98. The molecule has 29 heavy (non-hydrogen) atoms. The molecule has 1 saturated carbocycles. The van der Waals surface area contributed by atoms with E-state index in [1.807, 2.05) is 6.92 Å². The molecular weight excluding hydrogens is 407 g/mol. The Morgan fingerprint density at radius 3 is 2.28 bits per heavy atom. The van der Waals surface area contributed by atoms with Gasteiger partial charge in [0.1, 0.15) is 0 Å². The average Bonchev–Trinajstić information content (AvgIpc) is 3.47. The smallest absolute Gasteiger partial charge is 0.357 e. The van der Waals surface area contributed by atoms with E-state index in [1.54, 1.807) is 0 Å². The molecule has 7 nitrogen and oxygen atoms in total. The van der Waals surface area contributed by atoms with Crippen molar-refractivity contribution in [2.75, 3.05) is 39.3 Å². The van der Waals surface area contributed by atoms with Crippen molar-refractivity contribution >= 4 is 16.0 Å². The number of alkyl halides is 3. The second-order valence-corrected chi connectivity index (χ2v) is 9.93. The van der Waals surface area contributed by atoms with Gasteiger partial charge in [-0.15, -0.1) is 0 Å². The van der Waals surface area contributed by atoms with Crippen LogP contribution in [0.25, 0.3) is 0 Å². The SMILES string of the molecule is CCNC(=NCC1CCN(S(=O)(=O)C(F)(F)F)CC1)NCCN(C(C)C)C1CC1. The first-order chi connectivity index (χ1) is 13.6. The van der Waals surface area contributed by atoms with Gasteiger partial charge >= 0.3 is 15.5 Å². The summed E-state index contributed by atoms with van der Waals surface area (Å²) in [5, 5.41) is 6.51. The minimum atomic E-state index is -5.23.